The zero-order chi connectivity index (χ0) is 25.5. The van der Waals surface area contributed by atoms with Crippen molar-refractivity contribution in [1.29, 1.82) is 0 Å². The first-order valence-corrected chi connectivity index (χ1v) is 14.9. The second-order valence-electron chi connectivity index (χ2n) is 9.76. The van der Waals surface area contributed by atoms with E-state index < -0.39 is 0 Å². The van der Waals surface area contributed by atoms with Gasteiger partial charge in [-0.05, 0) is 21.5 Å². The Balaban J connectivity index is 0.000000225. The number of halogens is 2. The third kappa shape index (κ3) is 8.29. The molecule has 0 amide bonds. The van der Waals surface area contributed by atoms with E-state index in [9.17, 15) is 0 Å². The first kappa shape index (κ1) is 34.2. The van der Waals surface area contributed by atoms with Crippen molar-refractivity contribution in [2.24, 2.45) is 0 Å². The molecular weight excluding hydrogens is 710 g/mol. The second-order valence-corrected chi connectivity index (χ2v) is 11.3. The maximum Gasteiger partial charge on any atom is 4.00 e. The molecule has 7 rings (SSSR count). The van der Waals surface area contributed by atoms with Crippen LogP contribution in [0.5, 0.6) is 0 Å². The van der Waals surface area contributed by atoms with Crippen LogP contribution in [0.25, 0.3) is 32.7 Å². The zero-order valence-corrected chi connectivity index (χ0v) is 29.3. The van der Waals surface area contributed by atoms with Crippen molar-refractivity contribution in [3.8, 4) is 0 Å². The van der Waals surface area contributed by atoms with E-state index in [4.69, 9.17) is 0 Å². The van der Waals surface area contributed by atoms with Gasteiger partial charge in [-0.25, -0.2) is 11.1 Å². The summed E-state index contributed by atoms with van der Waals surface area (Å²) in [5, 5.41) is 5.28. The summed E-state index contributed by atoms with van der Waals surface area (Å²) in [6.07, 6.45) is 16.2. The molecule has 1 saturated heterocycles. The third-order valence-electron chi connectivity index (χ3n) is 7.27. The number of benzene rings is 4. The van der Waals surface area contributed by atoms with Gasteiger partial charge in [-0.15, -0.1) is 12.8 Å². The fraction of sp³-hybridized carbons (Fsp3) is 0.222. The van der Waals surface area contributed by atoms with Crippen molar-refractivity contribution in [2.45, 2.75) is 51.6 Å². The van der Waals surface area contributed by atoms with Crippen molar-refractivity contribution >= 4 is 42.2 Å². The normalized spacial score (nSPS) is 15.1. The van der Waals surface area contributed by atoms with E-state index in [2.05, 4.69) is 123 Å². The minimum Gasteiger partial charge on any atom is -1.00 e. The summed E-state index contributed by atoms with van der Waals surface area (Å²) in [6, 6.07) is 33.1. The molecule has 0 spiro atoms. The van der Waals surface area contributed by atoms with E-state index >= 15 is 0 Å². The summed E-state index contributed by atoms with van der Waals surface area (Å²) in [5.41, 5.74) is 7.91. The van der Waals surface area contributed by atoms with Crippen molar-refractivity contribution in [3.63, 3.8) is 0 Å². The van der Waals surface area contributed by atoms with Crippen LogP contribution in [-0.2, 0) is 25.8 Å². The van der Waals surface area contributed by atoms with Crippen LogP contribution in [0.15, 0.2) is 108 Å². The van der Waals surface area contributed by atoms with Crippen LogP contribution < -0.4 is 24.8 Å². The summed E-state index contributed by atoms with van der Waals surface area (Å²) < 4.78 is 0. The quantitative estimate of drug-likeness (QED) is 0.215. The van der Waals surface area contributed by atoms with E-state index in [1.807, 2.05) is 0 Å². The Kier molecular flexibility index (Phi) is 14.6. The molecule has 0 bridgehead atoms. The van der Waals surface area contributed by atoms with Crippen LogP contribution in [0.4, 0.5) is 0 Å². The van der Waals surface area contributed by atoms with Gasteiger partial charge in [0.15, 0.2) is 0 Å². The van der Waals surface area contributed by atoms with Crippen LogP contribution in [0.2, 0.25) is 12.1 Å². The Labute approximate surface area is 274 Å². The summed E-state index contributed by atoms with van der Waals surface area (Å²) in [6.45, 7) is 4.28. The zero-order valence-electron chi connectivity index (χ0n) is 23.2. The van der Waals surface area contributed by atoms with E-state index in [0.717, 1.165) is 12.8 Å². The van der Waals surface area contributed by atoms with Crippen LogP contribution in [0.1, 0.15) is 50.7 Å². The molecule has 4 aromatic rings. The number of hydrogen-bond donors (Lipinski definition) is 0. The monoisotopic (exact) mass is 744 g/mol. The fourth-order valence-corrected chi connectivity index (χ4v) is 6.53. The van der Waals surface area contributed by atoms with E-state index in [-0.39, 0.29) is 50.7 Å². The summed E-state index contributed by atoms with van der Waals surface area (Å²) in [7, 11) is 1.31. The molecule has 0 aromatic heterocycles. The number of hydrogen-bond acceptors (Lipinski definition) is 0. The molecule has 2 aliphatic carbocycles. The average Bonchev–Trinajstić information content (AvgIpc) is 3.73. The predicted molar refractivity (Wildman–Crippen MR) is 163 cm³/mol. The van der Waals surface area contributed by atoms with Crippen molar-refractivity contribution in [1.82, 2.24) is 0 Å². The first-order chi connectivity index (χ1) is 18.2. The van der Waals surface area contributed by atoms with Crippen LogP contribution >= 0.6 is 0 Å². The van der Waals surface area contributed by atoms with E-state index in [0.29, 0.717) is 0 Å². The molecule has 4 aromatic carbocycles. The van der Waals surface area contributed by atoms with E-state index in [1.54, 1.807) is 0 Å². The van der Waals surface area contributed by atoms with Gasteiger partial charge in [-0.1, -0.05) is 135 Å². The average molecular weight is 744 g/mol. The molecule has 0 saturated carbocycles. The van der Waals surface area contributed by atoms with Crippen LogP contribution in [-0.4, -0.2) is 9.52 Å². The maximum absolute atomic E-state index is 3.36. The molecule has 3 aliphatic rings. The molecule has 200 valence electrons. The second kappa shape index (κ2) is 17.1. The summed E-state index contributed by atoms with van der Waals surface area (Å²) in [5.74, 6) is 0. The van der Waals surface area contributed by atoms with Crippen LogP contribution in [0, 0.1) is 12.2 Å². The minimum atomic E-state index is 0. The topological polar surface area (TPSA) is 0 Å². The molecular formula is C36H34Cl2HfSi. The van der Waals surface area contributed by atoms with Gasteiger partial charge in [0, 0.05) is 9.52 Å². The van der Waals surface area contributed by atoms with Gasteiger partial charge in [-0.3, -0.25) is 12.2 Å². The Morgan fingerprint density at radius 3 is 1.30 bits per heavy atom. The summed E-state index contributed by atoms with van der Waals surface area (Å²) in [4.78, 5) is 0. The van der Waals surface area contributed by atoms with Gasteiger partial charge in [0.25, 0.3) is 0 Å². The predicted octanol–water partition coefficient (Wildman–Crippen LogP) is 4.08. The third-order valence-corrected chi connectivity index (χ3v) is 8.69. The Hall–Kier alpha value is -1.97. The van der Waals surface area contributed by atoms with Crippen molar-refractivity contribution in [3.05, 3.63) is 132 Å². The largest absolute Gasteiger partial charge is 4.00 e. The SMILES string of the molecule is C1CC[Si]C1.CC1=[C-]CC=C1c1cccc2ccccc12.CC1=[C-]CC=C1c1cccc2ccccc12.[Cl-].[Cl-].[Hf+4]. The fourth-order valence-electron chi connectivity index (χ4n) is 5.28. The Bertz CT molecular complexity index is 1400. The standard InChI is InChI=1S/2C16H13.C4H8Si.2ClH.Hf/c2*1-12-6-4-10-14(12)16-11-5-8-13-7-2-3-9-15(13)16;1-2-4-5-3-1;;;/h2*2-3,5,7-11H,4H2,1H3;1-4H2;2*1H;/q2*-1;;;;+4/p-2. The molecule has 1 aliphatic heterocycles. The molecule has 40 heavy (non-hydrogen) atoms. The van der Waals surface area contributed by atoms with Gasteiger partial charge >= 0.3 is 25.8 Å². The number of rotatable bonds is 2. The molecule has 2 radical (unpaired) electrons. The van der Waals surface area contributed by atoms with Gasteiger partial charge in [0.1, 0.15) is 0 Å². The van der Waals surface area contributed by atoms with E-state index in [1.165, 1.54) is 89.4 Å². The van der Waals surface area contributed by atoms with Crippen molar-refractivity contribution < 1.29 is 50.7 Å². The number of fused-ring (bicyclic) bond motifs is 2. The maximum atomic E-state index is 3.36. The Morgan fingerprint density at radius 1 is 0.550 bits per heavy atom. The van der Waals surface area contributed by atoms with Crippen molar-refractivity contribution in [2.75, 3.05) is 0 Å². The smallest absolute Gasteiger partial charge is 1.00 e. The molecule has 0 atom stereocenters. The van der Waals surface area contributed by atoms with Gasteiger partial charge < -0.3 is 24.8 Å². The Morgan fingerprint density at radius 2 is 0.950 bits per heavy atom. The molecule has 4 heteroatoms. The molecule has 1 fully saturated rings. The number of allylic oxidation sites excluding steroid dienone is 8. The van der Waals surface area contributed by atoms with Crippen LogP contribution in [0.3, 0.4) is 0 Å². The van der Waals surface area contributed by atoms with Gasteiger partial charge in [-0.2, -0.15) is 23.3 Å². The summed E-state index contributed by atoms with van der Waals surface area (Å²) >= 11 is 0. The van der Waals surface area contributed by atoms with Gasteiger partial charge in [0.2, 0.25) is 0 Å². The molecule has 0 nitrogen and oxygen atoms in total. The van der Waals surface area contributed by atoms with Gasteiger partial charge in [0.05, 0.1) is 0 Å². The minimum absolute atomic E-state index is 0. The molecule has 0 unspecified atom stereocenters. The first-order valence-electron chi connectivity index (χ1n) is 13.5. The molecule has 0 N–H and O–H groups in total. The molecule has 1 heterocycles.